The molecule has 0 fully saturated rings. The standard InChI is InChI=1S/C29H21N7/c1-3-18-5-7-20-15-31-35-28(20)23(18)11-9-22-10-12-25-26(33-34-27(25)17-30-22)14-13-24-19(4-2)6-8-21-16-32-36-29(21)24/h3-17H,1-2H2,(H,31,35)(H,32,36)/b11-9+,14-13+. The van der Waals surface area contributed by atoms with Crippen molar-refractivity contribution in [3.63, 3.8) is 0 Å². The third-order valence-corrected chi connectivity index (χ3v) is 6.23. The highest BCUT2D eigenvalue weighted by molar-refractivity contribution is 5.95. The molecule has 4 aromatic rings. The van der Waals surface area contributed by atoms with Crippen LogP contribution in [-0.4, -0.2) is 35.6 Å². The van der Waals surface area contributed by atoms with Gasteiger partial charge in [0.25, 0.3) is 0 Å². The number of benzene rings is 2. The molecule has 7 nitrogen and oxygen atoms in total. The minimum atomic E-state index is 0.723. The molecule has 0 atom stereocenters. The summed E-state index contributed by atoms with van der Waals surface area (Å²) in [5, 5.41) is 25.3. The summed E-state index contributed by atoms with van der Waals surface area (Å²) in [5.41, 5.74) is 9.17. The predicted molar refractivity (Wildman–Crippen MR) is 147 cm³/mol. The monoisotopic (exact) mass is 467 g/mol. The molecule has 0 saturated heterocycles. The average molecular weight is 468 g/mol. The summed E-state index contributed by atoms with van der Waals surface area (Å²) in [6, 6.07) is 12.1. The first kappa shape index (κ1) is 21.4. The van der Waals surface area contributed by atoms with E-state index in [0.29, 0.717) is 0 Å². The van der Waals surface area contributed by atoms with Gasteiger partial charge in [-0.1, -0.05) is 55.7 Å². The number of rotatable bonds is 6. The lowest BCUT2D eigenvalue weighted by Crippen LogP contribution is -1.84. The van der Waals surface area contributed by atoms with Crippen LogP contribution >= 0.6 is 0 Å². The minimum Gasteiger partial charge on any atom is -0.277 e. The number of H-pyrrole nitrogens is 2. The van der Waals surface area contributed by atoms with Crippen LogP contribution in [0.5, 0.6) is 0 Å². The Kier molecular flexibility index (Phi) is 5.27. The smallest absolute Gasteiger partial charge is 0.113 e. The molecule has 0 unspecified atom stereocenters. The van der Waals surface area contributed by atoms with Crippen LogP contribution in [-0.2, 0) is 0 Å². The van der Waals surface area contributed by atoms with E-state index < -0.39 is 0 Å². The van der Waals surface area contributed by atoms with E-state index in [1.54, 1.807) is 6.20 Å². The van der Waals surface area contributed by atoms with Gasteiger partial charge in [0.15, 0.2) is 0 Å². The van der Waals surface area contributed by atoms with E-state index >= 15 is 0 Å². The average Bonchev–Trinajstić information content (AvgIpc) is 3.64. The summed E-state index contributed by atoms with van der Waals surface area (Å²) in [4.78, 5) is 4.61. The van der Waals surface area contributed by atoms with Crippen LogP contribution in [0.4, 0.5) is 0 Å². The zero-order valence-corrected chi connectivity index (χ0v) is 19.3. The van der Waals surface area contributed by atoms with Crippen molar-refractivity contribution in [2.75, 3.05) is 0 Å². The maximum atomic E-state index is 4.61. The molecule has 2 aliphatic rings. The van der Waals surface area contributed by atoms with Crippen LogP contribution in [0, 0.1) is 0 Å². The number of aromatic amines is 2. The molecule has 0 aliphatic carbocycles. The van der Waals surface area contributed by atoms with Gasteiger partial charge in [0.05, 0.1) is 41.0 Å². The first-order chi connectivity index (χ1) is 17.7. The molecule has 7 heteroatoms. The lowest BCUT2D eigenvalue weighted by Gasteiger charge is -2.02. The Morgan fingerprint density at radius 2 is 1.28 bits per heavy atom. The first-order valence-corrected chi connectivity index (χ1v) is 11.4. The van der Waals surface area contributed by atoms with Crippen molar-refractivity contribution in [1.82, 2.24) is 35.6 Å². The molecule has 2 aromatic heterocycles. The van der Waals surface area contributed by atoms with Crippen molar-refractivity contribution in [2.45, 2.75) is 0 Å². The van der Waals surface area contributed by atoms with Crippen LogP contribution in [0.15, 0.2) is 68.1 Å². The summed E-state index contributed by atoms with van der Waals surface area (Å²) >= 11 is 0. The van der Waals surface area contributed by atoms with Crippen molar-refractivity contribution < 1.29 is 0 Å². The number of hydrogen-bond donors (Lipinski definition) is 2. The fraction of sp³-hybridized carbons (Fsp3) is 0. The molecule has 0 radical (unpaired) electrons. The Labute approximate surface area is 207 Å². The Hall–Kier alpha value is -5.17. The summed E-state index contributed by atoms with van der Waals surface area (Å²) in [5.74, 6) is 0. The van der Waals surface area contributed by atoms with Gasteiger partial charge >= 0.3 is 0 Å². The molecule has 2 aromatic carbocycles. The number of hydrogen-bond acceptors (Lipinski definition) is 5. The molecule has 4 heterocycles. The van der Waals surface area contributed by atoms with E-state index in [4.69, 9.17) is 0 Å². The van der Waals surface area contributed by atoms with Crippen LogP contribution in [0.25, 0.3) is 69.5 Å². The van der Waals surface area contributed by atoms with Crippen molar-refractivity contribution in [1.29, 1.82) is 0 Å². The molecule has 2 N–H and O–H groups in total. The summed E-state index contributed by atoms with van der Waals surface area (Å²) < 4.78 is 0. The highest BCUT2D eigenvalue weighted by Gasteiger charge is 2.12. The van der Waals surface area contributed by atoms with Crippen LogP contribution in [0.2, 0.25) is 0 Å². The fourth-order valence-corrected chi connectivity index (χ4v) is 4.33. The highest BCUT2D eigenvalue weighted by Crippen LogP contribution is 2.28. The Morgan fingerprint density at radius 3 is 1.92 bits per heavy atom. The van der Waals surface area contributed by atoms with E-state index in [1.165, 1.54) is 0 Å². The van der Waals surface area contributed by atoms with Crippen molar-refractivity contribution in [2.24, 2.45) is 0 Å². The Morgan fingerprint density at radius 1 is 0.639 bits per heavy atom. The van der Waals surface area contributed by atoms with E-state index in [1.807, 2.05) is 85.2 Å². The lowest BCUT2D eigenvalue weighted by molar-refractivity contribution is 1.08. The largest absolute Gasteiger partial charge is 0.277 e. The van der Waals surface area contributed by atoms with Gasteiger partial charge in [-0.25, -0.2) is 0 Å². The minimum absolute atomic E-state index is 0.723. The maximum Gasteiger partial charge on any atom is 0.113 e. The number of aromatic nitrogens is 7. The molecule has 0 amide bonds. The third-order valence-electron chi connectivity index (χ3n) is 6.23. The molecule has 6 rings (SSSR count). The third kappa shape index (κ3) is 3.69. The molecule has 36 heavy (non-hydrogen) atoms. The second kappa shape index (κ2) is 8.88. The Bertz CT molecular complexity index is 1780. The Balaban J connectivity index is 1.35. The SMILES string of the molecule is C=Cc1ccc2cn[nH]c2c1/C=C/c1ccc2c(/C=C/c3c(C=C)ccc4cn[nH]c34)nnc-2cn1. The molecule has 0 spiro atoms. The first-order valence-electron chi connectivity index (χ1n) is 11.4. The zero-order valence-electron chi connectivity index (χ0n) is 19.3. The van der Waals surface area contributed by atoms with Crippen molar-refractivity contribution in [3.05, 3.63) is 102 Å². The summed E-state index contributed by atoms with van der Waals surface area (Å²) in [6.07, 6.45) is 17.0. The van der Waals surface area contributed by atoms with Crippen LogP contribution < -0.4 is 0 Å². The van der Waals surface area contributed by atoms with Crippen molar-refractivity contribution >= 4 is 58.3 Å². The van der Waals surface area contributed by atoms with Crippen LogP contribution in [0.3, 0.4) is 0 Å². The van der Waals surface area contributed by atoms with Gasteiger partial charge in [-0.15, -0.1) is 10.2 Å². The summed E-state index contributed by atoms with van der Waals surface area (Å²) in [6.45, 7) is 7.87. The molecule has 0 bridgehead atoms. The van der Waals surface area contributed by atoms with Crippen molar-refractivity contribution in [3.8, 4) is 11.3 Å². The highest BCUT2D eigenvalue weighted by atomic mass is 15.1. The van der Waals surface area contributed by atoms with Gasteiger partial charge in [-0.3, -0.25) is 15.2 Å². The second-order valence-corrected chi connectivity index (χ2v) is 8.28. The van der Waals surface area contributed by atoms with Gasteiger partial charge < -0.3 is 0 Å². The quantitative estimate of drug-likeness (QED) is 0.297. The van der Waals surface area contributed by atoms with Gasteiger partial charge in [0, 0.05) is 27.5 Å². The number of nitrogens with zero attached hydrogens (tertiary/aromatic N) is 5. The van der Waals surface area contributed by atoms with E-state index in [0.717, 1.165) is 66.7 Å². The molecule has 2 aliphatic heterocycles. The van der Waals surface area contributed by atoms with Gasteiger partial charge in [-0.2, -0.15) is 10.2 Å². The molecular formula is C29H21N7. The fourth-order valence-electron chi connectivity index (χ4n) is 4.33. The molecule has 0 saturated carbocycles. The van der Waals surface area contributed by atoms with Gasteiger partial charge in [-0.05, 0) is 41.5 Å². The summed E-state index contributed by atoms with van der Waals surface area (Å²) in [7, 11) is 0. The zero-order chi connectivity index (χ0) is 24.5. The van der Waals surface area contributed by atoms with Gasteiger partial charge in [0.1, 0.15) is 5.69 Å². The van der Waals surface area contributed by atoms with Crippen LogP contribution in [0.1, 0.15) is 33.6 Å². The number of nitrogens with one attached hydrogen (secondary N) is 2. The topological polar surface area (TPSA) is 96.0 Å². The molecular weight excluding hydrogens is 446 g/mol. The normalized spacial score (nSPS) is 11.9. The number of fused-ring (bicyclic) bond motifs is 3. The second-order valence-electron chi connectivity index (χ2n) is 8.28. The molecule has 172 valence electrons. The van der Waals surface area contributed by atoms with E-state index in [9.17, 15) is 0 Å². The maximum absolute atomic E-state index is 4.61. The predicted octanol–water partition coefficient (Wildman–Crippen LogP) is 6.36. The van der Waals surface area contributed by atoms with E-state index in [2.05, 4.69) is 48.7 Å². The lowest BCUT2D eigenvalue weighted by atomic mass is 10.0. The van der Waals surface area contributed by atoms with Gasteiger partial charge in [0.2, 0.25) is 0 Å². The van der Waals surface area contributed by atoms with E-state index in [-0.39, 0.29) is 0 Å².